The van der Waals surface area contributed by atoms with E-state index < -0.39 is 0 Å². The summed E-state index contributed by atoms with van der Waals surface area (Å²) in [6, 6.07) is 16.8. The van der Waals surface area contributed by atoms with E-state index in [0.29, 0.717) is 26.5 Å². The van der Waals surface area contributed by atoms with Gasteiger partial charge in [0.15, 0.2) is 0 Å². The lowest BCUT2D eigenvalue weighted by atomic mass is 10.1. The van der Waals surface area contributed by atoms with E-state index in [1.807, 2.05) is 36.4 Å². The van der Waals surface area contributed by atoms with Crippen LogP contribution in [0.4, 0.5) is 0 Å². The van der Waals surface area contributed by atoms with Crippen molar-refractivity contribution in [1.82, 2.24) is 15.0 Å². The van der Waals surface area contributed by atoms with Crippen molar-refractivity contribution >= 4 is 34.8 Å². The van der Waals surface area contributed by atoms with Gasteiger partial charge in [-0.3, -0.25) is 4.98 Å². The molecule has 3 nitrogen and oxygen atoms in total. The minimum absolute atomic E-state index is 0.534. The number of aromatic nitrogens is 3. The molecule has 0 aliphatic heterocycles. The Labute approximate surface area is 165 Å². The van der Waals surface area contributed by atoms with Gasteiger partial charge in [-0.25, -0.2) is 4.98 Å². The van der Waals surface area contributed by atoms with Crippen LogP contribution in [0.2, 0.25) is 15.1 Å². The Morgan fingerprint density at radius 2 is 1.50 bits per heavy atom. The van der Waals surface area contributed by atoms with Crippen LogP contribution >= 0.6 is 34.8 Å². The van der Waals surface area contributed by atoms with E-state index in [9.17, 15) is 0 Å². The SMILES string of the molecule is Clc1ccc(-c2[nH]c(-c3c(Cl)cccc3Cl)nc2-c2cccnc2)cc1. The second-order valence-electron chi connectivity index (χ2n) is 5.65. The van der Waals surface area contributed by atoms with Crippen molar-refractivity contribution in [2.75, 3.05) is 0 Å². The zero-order valence-electron chi connectivity index (χ0n) is 13.4. The summed E-state index contributed by atoms with van der Waals surface area (Å²) < 4.78 is 0. The summed E-state index contributed by atoms with van der Waals surface area (Å²) in [5, 5.41) is 1.74. The molecule has 0 aliphatic rings. The van der Waals surface area contributed by atoms with Gasteiger partial charge in [0.2, 0.25) is 0 Å². The highest BCUT2D eigenvalue weighted by Gasteiger charge is 2.18. The second kappa shape index (κ2) is 7.12. The molecule has 128 valence electrons. The van der Waals surface area contributed by atoms with E-state index in [1.165, 1.54) is 0 Å². The van der Waals surface area contributed by atoms with Gasteiger partial charge in [-0.2, -0.15) is 0 Å². The van der Waals surface area contributed by atoms with Gasteiger partial charge in [0.1, 0.15) is 5.82 Å². The van der Waals surface area contributed by atoms with Gasteiger partial charge in [0.25, 0.3) is 0 Å². The van der Waals surface area contributed by atoms with Gasteiger partial charge in [0.05, 0.1) is 27.0 Å². The average Bonchev–Trinajstić information content (AvgIpc) is 3.08. The van der Waals surface area contributed by atoms with Crippen LogP contribution in [0.5, 0.6) is 0 Å². The molecule has 0 bridgehead atoms. The number of nitrogens with one attached hydrogen (secondary N) is 1. The highest BCUT2D eigenvalue weighted by Crippen LogP contribution is 2.38. The first kappa shape index (κ1) is 17.1. The molecule has 1 N–H and O–H groups in total. The molecule has 0 saturated carbocycles. The number of aromatic amines is 1. The molecular formula is C20H12Cl3N3. The molecule has 4 rings (SSSR count). The minimum Gasteiger partial charge on any atom is -0.337 e. The van der Waals surface area contributed by atoms with Crippen LogP contribution in [-0.4, -0.2) is 15.0 Å². The molecule has 0 aliphatic carbocycles. The predicted octanol–water partition coefficient (Wildman–Crippen LogP) is 6.77. The number of hydrogen-bond acceptors (Lipinski definition) is 2. The van der Waals surface area contributed by atoms with Crippen molar-refractivity contribution in [2.45, 2.75) is 0 Å². The third kappa shape index (κ3) is 3.21. The van der Waals surface area contributed by atoms with Gasteiger partial charge in [-0.1, -0.05) is 53.0 Å². The van der Waals surface area contributed by atoms with E-state index in [2.05, 4.69) is 9.97 Å². The first-order chi connectivity index (χ1) is 12.6. The van der Waals surface area contributed by atoms with E-state index in [0.717, 1.165) is 22.5 Å². The number of nitrogens with zero attached hydrogens (tertiary/aromatic N) is 2. The van der Waals surface area contributed by atoms with Crippen molar-refractivity contribution in [3.05, 3.63) is 82.1 Å². The first-order valence-corrected chi connectivity index (χ1v) is 8.97. The van der Waals surface area contributed by atoms with Crippen molar-refractivity contribution in [1.29, 1.82) is 0 Å². The average molecular weight is 401 g/mol. The monoisotopic (exact) mass is 399 g/mol. The summed E-state index contributed by atoms with van der Waals surface area (Å²) in [6.07, 6.45) is 3.50. The van der Waals surface area contributed by atoms with E-state index in [1.54, 1.807) is 30.6 Å². The molecule has 0 fully saturated rings. The van der Waals surface area contributed by atoms with Crippen molar-refractivity contribution in [2.24, 2.45) is 0 Å². The Balaban J connectivity index is 1.95. The molecule has 4 aromatic rings. The summed E-state index contributed by atoms with van der Waals surface area (Å²) in [5.41, 5.74) is 4.13. The van der Waals surface area contributed by atoms with Crippen LogP contribution in [0.15, 0.2) is 67.0 Å². The number of halogens is 3. The van der Waals surface area contributed by atoms with Crippen LogP contribution in [0.3, 0.4) is 0 Å². The molecular weight excluding hydrogens is 389 g/mol. The maximum absolute atomic E-state index is 6.36. The van der Waals surface area contributed by atoms with Crippen LogP contribution < -0.4 is 0 Å². The van der Waals surface area contributed by atoms with Gasteiger partial charge in [0, 0.05) is 28.5 Å². The van der Waals surface area contributed by atoms with Crippen LogP contribution in [-0.2, 0) is 0 Å². The Morgan fingerprint density at radius 1 is 0.769 bits per heavy atom. The molecule has 2 heterocycles. The summed E-state index contributed by atoms with van der Waals surface area (Å²) in [6.45, 7) is 0. The maximum atomic E-state index is 6.36. The fourth-order valence-corrected chi connectivity index (χ4v) is 3.46. The van der Waals surface area contributed by atoms with Crippen LogP contribution in [0.25, 0.3) is 33.9 Å². The van der Waals surface area contributed by atoms with Crippen molar-refractivity contribution < 1.29 is 0 Å². The smallest absolute Gasteiger partial charge is 0.141 e. The highest BCUT2D eigenvalue weighted by atomic mass is 35.5. The van der Waals surface area contributed by atoms with Crippen molar-refractivity contribution in [3.8, 4) is 33.9 Å². The Morgan fingerprint density at radius 3 is 2.15 bits per heavy atom. The molecule has 0 unspecified atom stereocenters. The molecule has 0 atom stereocenters. The van der Waals surface area contributed by atoms with E-state index >= 15 is 0 Å². The van der Waals surface area contributed by atoms with Gasteiger partial charge in [-0.05, 0) is 36.4 Å². The fraction of sp³-hybridized carbons (Fsp3) is 0. The minimum atomic E-state index is 0.534. The molecule has 0 amide bonds. The lowest BCUT2D eigenvalue weighted by Gasteiger charge is -2.03. The number of H-pyrrole nitrogens is 1. The lowest BCUT2D eigenvalue weighted by Crippen LogP contribution is -1.84. The summed E-state index contributed by atoms with van der Waals surface area (Å²) >= 11 is 18.8. The van der Waals surface area contributed by atoms with Gasteiger partial charge < -0.3 is 4.98 Å². The van der Waals surface area contributed by atoms with Gasteiger partial charge in [-0.15, -0.1) is 0 Å². The van der Waals surface area contributed by atoms with Crippen molar-refractivity contribution in [3.63, 3.8) is 0 Å². The largest absolute Gasteiger partial charge is 0.337 e. The number of hydrogen-bond donors (Lipinski definition) is 1. The number of rotatable bonds is 3. The van der Waals surface area contributed by atoms with Crippen LogP contribution in [0, 0.1) is 0 Å². The van der Waals surface area contributed by atoms with E-state index in [4.69, 9.17) is 39.8 Å². The summed E-state index contributed by atoms with van der Waals surface area (Å²) in [5.74, 6) is 0.601. The second-order valence-corrected chi connectivity index (χ2v) is 6.91. The number of imidazole rings is 1. The fourth-order valence-electron chi connectivity index (χ4n) is 2.75. The molecule has 6 heteroatoms. The Kier molecular flexibility index (Phi) is 4.68. The van der Waals surface area contributed by atoms with Crippen LogP contribution in [0.1, 0.15) is 0 Å². The molecule has 0 spiro atoms. The summed E-state index contributed by atoms with van der Waals surface area (Å²) in [4.78, 5) is 12.3. The third-order valence-corrected chi connectivity index (χ3v) is 4.85. The molecule has 0 radical (unpaired) electrons. The number of pyridine rings is 1. The zero-order valence-corrected chi connectivity index (χ0v) is 15.6. The molecule has 2 aromatic carbocycles. The number of benzene rings is 2. The highest BCUT2D eigenvalue weighted by molar-refractivity contribution is 6.39. The Bertz CT molecular complexity index is 1040. The van der Waals surface area contributed by atoms with Gasteiger partial charge >= 0.3 is 0 Å². The molecule has 0 saturated heterocycles. The Hall–Kier alpha value is -2.33. The maximum Gasteiger partial charge on any atom is 0.141 e. The standard InChI is InChI=1S/C20H12Cl3N3/c21-14-8-6-12(7-9-14)18-19(13-3-2-10-24-11-13)26-20(25-18)17-15(22)4-1-5-16(17)23/h1-11H,(H,25,26). The third-order valence-electron chi connectivity index (χ3n) is 3.97. The predicted molar refractivity (Wildman–Crippen MR) is 108 cm³/mol. The summed E-state index contributed by atoms with van der Waals surface area (Å²) in [7, 11) is 0. The van der Waals surface area contributed by atoms with E-state index in [-0.39, 0.29) is 0 Å². The zero-order chi connectivity index (χ0) is 18.1. The molecule has 26 heavy (non-hydrogen) atoms. The quantitative estimate of drug-likeness (QED) is 0.412. The topological polar surface area (TPSA) is 41.6 Å². The molecule has 2 aromatic heterocycles. The first-order valence-electron chi connectivity index (χ1n) is 7.84. The normalized spacial score (nSPS) is 10.9. The lowest BCUT2D eigenvalue weighted by molar-refractivity contribution is 1.29.